The molecular weight excluding hydrogens is 328 g/mol. The van der Waals surface area contributed by atoms with Crippen molar-refractivity contribution >= 4 is 16.9 Å². The smallest absolute Gasteiger partial charge is 0.313 e. The molecule has 5 heteroatoms. The molecule has 0 bridgehead atoms. The number of para-hydroxylation sites is 1. The van der Waals surface area contributed by atoms with Crippen LogP contribution in [0.5, 0.6) is 0 Å². The standard InChI is InChI=1S/C21H20N2O3/c1-25-21(24)17-19-18-15(14-9-5-6-10-16(14)22-18)11-12-23(19)26-20(17)13-7-3-2-4-8-13/h2-10,17,19-20,22H,11-12H2,1H3/t17-,19+,20+/m0/s1. The van der Waals surface area contributed by atoms with Crippen LogP contribution >= 0.6 is 0 Å². The predicted molar refractivity (Wildman–Crippen MR) is 97.2 cm³/mol. The topological polar surface area (TPSA) is 54.6 Å². The number of methoxy groups -OCH3 is 1. The SMILES string of the molecule is COC(=O)[C@@H]1[C@@H](c2ccccc2)ON2CCc3c([nH]c4ccccc34)[C@@H]12. The van der Waals surface area contributed by atoms with E-state index < -0.39 is 5.92 Å². The average Bonchev–Trinajstić information content (AvgIpc) is 3.26. The summed E-state index contributed by atoms with van der Waals surface area (Å²) in [7, 11) is 1.45. The fourth-order valence-electron chi connectivity index (χ4n) is 4.40. The number of ether oxygens (including phenoxy) is 1. The molecule has 5 nitrogen and oxygen atoms in total. The molecule has 0 saturated carbocycles. The van der Waals surface area contributed by atoms with Gasteiger partial charge in [-0.15, -0.1) is 0 Å². The molecule has 3 heterocycles. The molecule has 1 saturated heterocycles. The van der Waals surface area contributed by atoms with Crippen molar-refractivity contribution in [1.82, 2.24) is 10.0 Å². The minimum Gasteiger partial charge on any atom is -0.469 e. The highest BCUT2D eigenvalue weighted by Gasteiger charge is 2.52. The van der Waals surface area contributed by atoms with Crippen LogP contribution in [0.4, 0.5) is 0 Å². The van der Waals surface area contributed by atoms with Crippen LogP contribution in [0.3, 0.4) is 0 Å². The van der Waals surface area contributed by atoms with E-state index in [-0.39, 0.29) is 18.1 Å². The first-order chi connectivity index (χ1) is 12.8. The molecule has 3 aromatic rings. The number of nitrogens with zero attached hydrogens (tertiary/aromatic N) is 1. The van der Waals surface area contributed by atoms with Crippen LogP contribution in [0, 0.1) is 5.92 Å². The predicted octanol–water partition coefficient (Wildman–Crippen LogP) is 3.54. The zero-order valence-electron chi connectivity index (χ0n) is 14.5. The van der Waals surface area contributed by atoms with Crippen LogP contribution in [0.1, 0.15) is 29.0 Å². The van der Waals surface area contributed by atoms with Crippen molar-refractivity contribution in [3.63, 3.8) is 0 Å². The number of carbonyl (C=O) groups excluding carboxylic acids is 1. The number of benzene rings is 2. The largest absolute Gasteiger partial charge is 0.469 e. The van der Waals surface area contributed by atoms with Gasteiger partial charge in [-0.05, 0) is 23.6 Å². The van der Waals surface area contributed by atoms with Crippen LogP contribution in [-0.4, -0.2) is 29.7 Å². The second kappa shape index (κ2) is 5.97. The lowest BCUT2D eigenvalue weighted by molar-refractivity contribution is -0.169. The number of carbonyl (C=O) groups is 1. The number of aromatic amines is 1. The third kappa shape index (κ3) is 2.21. The van der Waals surface area contributed by atoms with Gasteiger partial charge in [0.15, 0.2) is 0 Å². The Kier molecular flexibility index (Phi) is 3.58. The van der Waals surface area contributed by atoms with Crippen LogP contribution in [0.25, 0.3) is 10.9 Å². The molecule has 0 amide bonds. The Bertz CT molecular complexity index is 966. The number of hydrogen-bond acceptors (Lipinski definition) is 4. The highest BCUT2D eigenvalue weighted by Crippen LogP contribution is 2.50. The van der Waals surface area contributed by atoms with Gasteiger partial charge in [0.2, 0.25) is 0 Å². The summed E-state index contributed by atoms with van der Waals surface area (Å²) in [5, 5.41) is 3.19. The van der Waals surface area contributed by atoms with Crippen molar-refractivity contribution in [3.8, 4) is 0 Å². The van der Waals surface area contributed by atoms with Crippen molar-refractivity contribution in [2.24, 2.45) is 5.92 Å². The molecule has 2 aliphatic rings. The first kappa shape index (κ1) is 15.6. The molecule has 0 unspecified atom stereocenters. The second-order valence-electron chi connectivity index (χ2n) is 6.88. The van der Waals surface area contributed by atoms with E-state index in [1.54, 1.807) is 0 Å². The van der Waals surface area contributed by atoms with Crippen molar-refractivity contribution in [3.05, 3.63) is 71.4 Å². The van der Waals surface area contributed by atoms with E-state index in [1.165, 1.54) is 18.1 Å². The summed E-state index contributed by atoms with van der Waals surface area (Å²) in [6.07, 6.45) is 0.552. The quantitative estimate of drug-likeness (QED) is 0.720. The monoisotopic (exact) mass is 348 g/mol. The van der Waals surface area contributed by atoms with Gasteiger partial charge >= 0.3 is 5.97 Å². The maximum atomic E-state index is 12.7. The van der Waals surface area contributed by atoms with Gasteiger partial charge in [-0.2, -0.15) is 5.06 Å². The Labute approximate surface area is 151 Å². The zero-order chi connectivity index (χ0) is 17.7. The molecular formula is C21H20N2O3. The molecule has 132 valence electrons. The third-order valence-electron chi connectivity index (χ3n) is 5.55. The van der Waals surface area contributed by atoms with Crippen molar-refractivity contribution in [1.29, 1.82) is 0 Å². The van der Waals surface area contributed by atoms with Gasteiger partial charge in [0, 0.05) is 23.1 Å². The molecule has 5 rings (SSSR count). The minimum absolute atomic E-state index is 0.163. The highest BCUT2D eigenvalue weighted by atomic mass is 16.7. The Morgan fingerprint density at radius 2 is 1.92 bits per heavy atom. The number of esters is 1. The molecule has 1 N–H and O–H groups in total. The Morgan fingerprint density at radius 3 is 2.73 bits per heavy atom. The van der Waals surface area contributed by atoms with Gasteiger partial charge in [-0.3, -0.25) is 9.63 Å². The maximum Gasteiger partial charge on any atom is 0.313 e. The van der Waals surface area contributed by atoms with Crippen molar-refractivity contribution in [2.75, 3.05) is 13.7 Å². The highest BCUT2D eigenvalue weighted by molar-refractivity contribution is 5.86. The molecule has 2 aliphatic heterocycles. The Balaban J connectivity index is 1.65. The van der Waals surface area contributed by atoms with E-state index >= 15 is 0 Å². The van der Waals surface area contributed by atoms with Crippen LogP contribution in [-0.2, 0) is 20.8 Å². The second-order valence-corrected chi connectivity index (χ2v) is 6.88. The lowest BCUT2D eigenvalue weighted by Gasteiger charge is -2.29. The van der Waals surface area contributed by atoms with Gasteiger partial charge in [0.1, 0.15) is 12.0 Å². The molecule has 26 heavy (non-hydrogen) atoms. The number of nitrogens with one attached hydrogen (secondary N) is 1. The maximum absolute atomic E-state index is 12.7. The van der Waals surface area contributed by atoms with Crippen LogP contribution < -0.4 is 0 Å². The zero-order valence-corrected chi connectivity index (χ0v) is 14.5. The summed E-state index contributed by atoms with van der Waals surface area (Å²) in [6.45, 7) is 0.760. The van der Waals surface area contributed by atoms with Gasteiger partial charge in [0.25, 0.3) is 0 Å². The van der Waals surface area contributed by atoms with E-state index in [4.69, 9.17) is 9.57 Å². The van der Waals surface area contributed by atoms with E-state index in [0.29, 0.717) is 0 Å². The lowest BCUT2D eigenvalue weighted by Crippen LogP contribution is -2.34. The van der Waals surface area contributed by atoms with Gasteiger partial charge in [0.05, 0.1) is 13.2 Å². The van der Waals surface area contributed by atoms with Crippen LogP contribution in [0.2, 0.25) is 0 Å². The van der Waals surface area contributed by atoms with E-state index in [1.807, 2.05) is 41.5 Å². The molecule has 1 aromatic heterocycles. The first-order valence-electron chi connectivity index (χ1n) is 8.93. The number of rotatable bonds is 2. The van der Waals surface area contributed by atoms with Crippen molar-refractivity contribution < 1.29 is 14.4 Å². The Hall–Kier alpha value is -2.63. The molecule has 3 atom stereocenters. The summed E-state index contributed by atoms with van der Waals surface area (Å²) in [5.41, 5.74) is 4.46. The summed E-state index contributed by atoms with van der Waals surface area (Å²) in [4.78, 5) is 22.5. The van der Waals surface area contributed by atoms with E-state index in [2.05, 4.69) is 23.2 Å². The number of hydrogen-bond donors (Lipinski definition) is 1. The number of H-pyrrole nitrogens is 1. The molecule has 0 radical (unpaired) electrons. The summed E-state index contributed by atoms with van der Waals surface area (Å²) < 4.78 is 5.16. The average molecular weight is 348 g/mol. The van der Waals surface area contributed by atoms with Gasteiger partial charge < -0.3 is 9.72 Å². The van der Waals surface area contributed by atoms with Crippen LogP contribution in [0.15, 0.2) is 54.6 Å². The minimum atomic E-state index is -0.408. The molecule has 2 aromatic carbocycles. The first-order valence-corrected chi connectivity index (χ1v) is 8.93. The molecule has 0 spiro atoms. The normalized spacial score (nSPS) is 25.0. The lowest BCUT2D eigenvalue weighted by atomic mass is 9.85. The third-order valence-corrected chi connectivity index (χ3v) is 5.55. The Morgan fingerprint density at radius 1 is 1.15 bits per heavy atom. The van der Waals surface area contributed by atoms with Gasteiger partial charge in [-0.1, -0.05) is 48.5 Å². The number of hydroxylamine groups is 2. The fourth-order valence-corrected chi connectivity index (χ4v) is 4.40. The fraction of sp³-hybridized carbons (Fsp3) is 0.286. The summed E-state index contributed by atoms with van der Waals surface area (Å²) in [6, 6.07) is 18.1. The summed E-state index contributed by atoms with van der Waals surface area (Å²) in [5.74, 6) is -0.646. The van der Waals surface area contributed by atoms with E-state index in [9.17, 15) is 4.79 Å². The van der Waals surface area contributed by atoms with Gasteiger partial charge in [-0.25, -0.2) is 0 Å². The van der Waals surface area contributed by atoms with Crippen molar-refractivity contribution in [2.45, 2.75) is 18.6 Å². The van der Waals surface area contributed by atoms with E-state index in [0.717, 1.165) is 29.7 Å². The molecule has 1 fully saturated rings. The number of fused-ring (bicyclic) bond motifs is 5. The number of aromatic nitrogens is 1. The molecule has 0 aliphatic carbocycles. The summed E-state index contributed by atoms with van der Waals surface area (Å²) >= 11 is 0.